The third-order valence-corrected chi connectivity index (χ3v) is 4.73. The van der Waals surface area contributed by atoms with E-state index in [1.54, 1.807) is 6.07 Å². The van der Waals surface area contributed by atoms with Gasteiger partial charge in [0.1, 0.15) is 4.90 Å². The van der Waals surface area contributed by atoms with Gasteiger partial charge < -0.3 is 5.11 Å². The summed E-state index contributed by atoms with van der Waals surface area (Å²) in [7, 11) is -3.60. The molecule has 0 aliphatic carbocycles. The Morgan fingerprint density at radius 2 is 2.00 bits per heavy atom. The molecular weight excluding hydrogens is 286 g/mol. The topological polar surface area (TPSA) is 66.4 Å². The molecule has 0 fully saturated rings. The quantitative estimate of drug-likeness (QED) is 0.726. The van der Waals surface area contributed by atoms with Gasteiger partial charge in [0.25, 0.3) is 0 Å². The maximum Gasteiger partial charge on any atom is 0.242 e. The largest absolute Gasteiger partial charge is 0.392 e. The number of benzene rings is 1. The number of sulfonamides is 1. The first-order chi connectivity index (χ1) is 9.01. The molecule has 0 unspecified atom stereocenters. The second-order valence-corrected chi connectivity index (χ2v) is 6.52. The number of aliphatic hydroxyl groups is 1. The van der Waals surface area contributed by atoms with E-state index in [1.807, 2.05) is 0 Å². The van der Waals surface area contributed by atoms with Crippen molar-refractivity contribution in [2.45, 2.75) is 44.1 Å². The summed E-state index contributed by atoms with van der Waals surface area (Å²) in [6, 6.07) is 4.48. The molecule has 1 aromatic rings. The van der Waals surface area contributed by atoms with Crippen LogP contribution in [0, 0.1) is 0 Å². The van der Waals surface area contributed by atoms with Gasteiger partial charge in [-0.25, -0.2) is 13.1 Å². The first-order valence-electron chi connectivity index (χ1n) is 6.40. The molecule has 0 atom stereocenters. The summed E-state index contributed by atoms with van der Waals surface area (Å²) in [6.45, 7) is 2.29. The zero-order chi connectivity index (χ0) is 14.3. The van der Waals surface area contributed by atoms with Crippen molar-refractivity contribution in [3.05, 3.63) is 28.8 Å². The summed E-state index contributed by atoms with van der Waals surface area (Å²) >= 11 is 5.90. The summed E-state index contributed by atoms with van der Waals surface area (Å²) in [6.07, 6.45) is 4.02. The van der Waals surface area contributed by atoms with Crippen molar-refractivity contribution < 1.29 is 13.5 Å². The number of halogens is 1. The molecule has 0 amide bonds. The van der Waals surface area contributed by atoms with E-state index in [-0.39, 0.29) is 16.5 Å². The number of unbranched alkanes of at least 4 members (excludes halogenated alkanes) is 3. The Bertz CT molecular complexity index is 503. The lowest BCUT2D eigenvalue weighted by Crippen LogP contribution is -2.25. The van der Waals surface area contributed by atoms with Crippen LogP contribution in [0.5, 0.6) is 0 Å². The minimum atomic E-state index is -3.60. The van der Waals surface area contributed by atoms with E-state index in [1.165, 1.54) is 12.1 Å². The zero-order valence-electron chi connectivity index (χ0n) is 11.0. The second kappa shape index (κ2) is 7.85. The van der Waals surface area contributed by atoms with Crippen molar-refractivity contribution in [3.8, 4) is 0 Å². The molecule has 0 aliphatic heterocycles. The highest BCUT2D eigenvalue weighted by Gasteiger charge is 2.17. The number of hydrogen-bond donors (Lipinski definition) is 2. The van der Waals surface area contributed by atoms with Crippen LogP contribution >= 0.6 is 11.6 Å². The monoisotopic (exact) mass is 305 g/mol. The fourth-order valence-electron chi connectivity index (χ4n) is 1.69. The Labute approximate surface area is 119 Å². The highest BCUT2D eigenvalue weighted by Crippen LogP contribution is 2.22. The number of nitrogens with one attached hydrogen (secondary N) is 1. The number of hydrogen-bond acceptors (Lipinski definition) is 3. The molecule has 4 nitrogen and oxygen atoms in total. The number of aliphatic hydroxyl groups excluding tert-OH is 1. The summed E-state index contributed by atoms with van der Waals surface area (Å²) in [5, 5.41) is 9.20. The van der Waals surface area contributed by atoms with Crippen LogP contribution in [-0.2, 0) is 16.6 Å². The third-order valence-electron chi connectivity index (χ3n) is 2.79. The molecule has 1 aromatic carbocycles. The molecular formula is C13H20ClNO3S. The van der Waals surface area contributed by atoms with Crippen molar-refractivity contribution >= 4 is 21.6 Å². The fourth-order valence-corrected chi connectivity index (χ4v) is 3.31. The Hall–Kier alpha value is -0.620. The van der Waals surface area contributed by atoms with E-state index in [0.29, 0.717) is 12.1 Å². The van der Waals surface area contributed by atoms with Gasteiger partial charge in [-0.05, 0) is 24.1 Å². The van der Waals surface area contributed by atoms with Crippen molar-refractivity contribution in [1.82, 2.24) is 4.72 Å². The van der Waals surface area contributed by atoms with Gasteiger partial charge in [-0.15, -0.1) is 0 Å². The molecule has 0 saturated carbocycles. The second-order valence-electron chi connectivity index (χ2n) is 4.38. The van der Waals surface area contributed by atoms with Gasteiger partial charge in [0.2, 0.25) is 10.0 Å². The fraction of sp³-hybridized carbons (Fsp3) is 0.538. The highest BCUT2D eigenvalue weighted by molar-refractivity contribution is 7.89. The van der Waals surface area contributed by atoms with Crippen LogP contribution < -0.4 is 4.72 Å². The van der Waals surface area contributed by atoms with Crippen LogP contribution in [0.2, 0.25) is 5.02 Å². The van der Waals surface area contributed by atoms with Gasteiger partial charge in [-0.3, -0.25) is 0 Å². The summed E-state index contributed by atoms with van der Waals surface area (Å²) < 4.78 is 26.7. The maximum absolute atomic E-state index is 12.1. The van der Waals surface area contributed by atoms with Gasteiger partial charge in [0, 0.05) is 6.54 Å². The molecule has 0 aliphatic rings. The van der Waals surface area contributed by atoms with Crippen LogP contribution in [-0.4, -0.2) is 20.1 Å². The molecule has 0 aromatic heterocycles. The predicted molar refractivity (Wildman–Crippen MR) is 76.7 cm³/mol. The van der Waals surface area contributed by atoms with Crippen LogP contribution in [0.1, 0.15) is 38.2 Å². The highest BCUT2D eigenvalue weighted by atomic mass is 35.5. The molecule has 6 heteroatoms. The predicted octanol–water partition coefficient (Wildman–Crippen LogP) is 2.69. The molecule has 0 radical (unpaired) electrons. The smallest absolute Gasteiger partial charge is 0.242 e. The minimum Gasteiger partial charge on any atom is -0.392 e. The molecule has 0 spiro atoms. The summed E-state index contributed by atoms with van der Waals surface area (Å²) in [4.78, 5) is 0.0243. The average Bonchev–Trinajstić information content (AvgIpc) is 2.39. The van der Waals surface area contributed by atoms with E-state index >= 15 is 0 Å². The first-order valence-corrected chi connectivity index (χ1v) is 8.26. The molecule has 2 N–H and O–H groups in total. The standard InChI is InChI=1S/C13H20ClNO3S/c1-2-3-4-5-8-15-19(17,18)13-9-11(10-16)6-7-12(13)14/h6-7,9,15-16H,2-5,8,10H2,1H3. The first kappa shape index (κ1) is 16.4. The normalized spacial score (nSPS) is 11.7. The maximum atomic E-state index is 12.1. The summed E-state index contributed by atoms with van der Waals surface area (Å²) in [5.41, 5.74) is 0.524. The molecule has 108 valence electrons. The zero-order valence-corrected chi connectivity index (χ0v) is 12.6. The third kappa shape index (κ3) is 5.10. The summed E-state index contributed by atoms with van der Waals surface area (Å²) in [5.74, 6) is 0. The molecule has 0 bridgehead atoms. The average molecular weight is 306 g/mol. The van der Waals surface area contributed by atoms with Crippen molar-refractivity contribution in [2.24, 2.45) is 0 Å². The van der Waals surface area contributed by atoms with E-state index in [2.05, 4.69) is 11.6 Å². The van der Waals surface area contributed by atoms with Gasteiger partial charge in [0.15, 0.2) is 0 Å². The Kier molecular flexibility index (Phi) is 6.79. The van der Waals surface area contributed by atoms with E-state index < -0.39 is 10.0 Å². The Morgan fingerprint density at radius 1 is 1.26 bits per heavy atom. The van der Waals surface area contributed by atoms with E-state index in [4.69, 9.17) is 16.7 Å². The molecule has 19 heavy (non-hydrogen) atoms. The lowest BCUT2D eigenvalue weighted by atomic mass is 10.2. The molecule has 0 saturated heterocycles. The Balaban J connectivity index is 2.71. The van der Waals surface area contributed by atoms with Gasteiger partial charge in [-0.2, -0.15) is 0 Å². The van der Waals surface area contributed by atoms with Crippen LogP contribution in [0.3, 0.4) is 0 Å². The van der Waals surface area contributed by atoms with Crippen molar-refractivity contribution in [3.63, 3.8) is 0 Å². The lowest BCUT2D eigenvalue weighted by molar-refractivity contribution is 0.281. The van der Waals surface area contributed by atoms with E-state index in [9.17, 15) is 8.42 Å². The van der Waals surface area contributed by atoms with Crippen LogP contribution in [0.25, 0.3) is 0 Å². The Morgan fingerprint density at radius 3 is 2.63 bits per heavy atom. The van der Waals surface area contributed by atoms with E-state index in [0.717, 1.165) is 25.7 Å². The molecule has 0 heterocycles. The van der Waals surface area contributed by atoms with Gasteiger partial charge >= 0.3 is 0 Å². The lowest BCUT2D eigenvalue weighted by Gasteiger charge is -2.09. The SMILES string of the molecule is CCCCCCNS(=O)(=O)c1cc(CO)ccc1Cl. The van der Waals surface area contributed by atoms with Gasteiger partial charge in [0.05, 0.1) is 11.6 Å². The van der Waals surface area contributed by atoms with Crippen molar-refractivity contribution in [1.29, 1.82) is 0 Å². The van der Waals surface area contributed by atoms with Crippen LogP contribution in [0.4, 0.5) is 0 Å². The van der Waals surface area contributed by atoms with Gasteiger partial charge in [-0.1, -0.05) is 43.9 Å². The van der Waals surface area contributed by atoms with Crippen molar-refractivity contribution in [2.75, 3.05) is 6.54 Å². The molecule has 1 rings (SSSR count). The minimum absolute atomic E-state index is 0.0243. The van der Waals surface area contributed by atoms with Crippen LogP contribution in [0.15, 0.2) is 23.1 Å². The number of rotatable bonds is 8.